The van der Waals surface area contributed by atoms with Crippen molar-refractivity contribution in [3.05, 3.63) is 65.4 Å². The van der Waals surface area contributed by atoms with Gasteiger partial charge in [0, 0.05) is 29.6 Å². The predicted octanol–water partition coefficient (Wildman–Crippen LogP) is 4.12. The summed E-state index contributed by atoms with van der Waals surface area (Å²) in [6.07, 6.45) is 2.57. The number of unbranched alkanes of at least 4 members (excludes halogenated alkanes) is 1. The van der Waals surface area contributed by atoms with Gasteiger partial charge in [-0.15, -0.1) is 0 Å². The molecule has 3 aromatic rings. The van der Waals surface area contributed by atoms with Gasteiger partial charge in [0.25, 0.3) is 5.91 Å². The van der Waals surface area contributed by atoms with Gasteiger partial charge < -0.3 is 15.0 Å². The van der Waals surface area contributed by atoms with E-state index in [1.54, 1.807) is 17.0 Å². The number of aromatic hydroxyl groups is 1. The van der Waals surface area contributed by atoms with Gasteiger partial charge in [0.15, 0.2) is 5.11 Å². The van der Waals surface area contributed by atoms with Gasteiger partial charge in [-0.25, -0.2) is 0 Å². The number of carbonyl (C=O) groups excluding carboxylic acids is 1. The molecule has 0 saturated carbocycles. The highest BCUT2D eigenvalue weighted by Gasteiger charge is 2.50. The lowest BCUT2D eigenvalue weighted by Gasteiger charge is -2.37. The summed E-state index contributed by atoms with van der Waals surface area (Å²) in [6.45, 7) is 2.77. The van der Waals surface area contributed by atoms with Crippen LogP contribution in [0.3, 0.4) is 0 Å². The number of aromatic nitrogens is 1. The van der Waals surface area contributed by atoms with Gasteiger partial charge in [-0.3, -0.25) is 9.69 Å². The maximum atomic E-state index is 13.3. The van der Waals surface area contributed by atoms with Crippen LogP contribution in [0.1, 0.15) is 42.6 Å². The first-order valence-electron chi connectivity index (χ1n) is 10.1. The number of benzene rings is 2. The highest BCUT2D eigenvalue weighted by molar-refractivity contribution is 7.80. The van der Waals surface area contributed by atoms with Crippen molar-refractivity contribution in [3.63, 3.8) is 0 Å². The van der Waals surface area contributed by atoms with Gasteiger partial charge in [-0.2, -0.15) is 0 Å². The van der Waals surface area contributed by atoms with E-state index < -0.39 is 0 Å². The SMILES string of the molecule is CCCCN1C(=O)[C@H]2Cc3c([nH]c4ccccc34)[C@H](c3cccc(O)c3)N2C1=S. The van der Waals surface area contributed by atoms with Crippen molar-refractivity contribution >= 4 is 34.1 Å². The van der Waals surface area contributed by atoms with E-state index in [-0.39, 0.29) is 23.7 Å². The van der Waals surface area contributed by atoms with Gasteiger partial charge >= 0.3 is 0 Å². The number of nitrogens with zero attached hydrogens (tertiary/aromatic N) is 2. The number of thiocarbonyl (C=S) groups is 1. The van der Waals surface area contributed by atoms with Gasteiger partial charge in [0.1, 0.15) is 11.8 Å². The van der Waals surface area contributed by atoms with Crippen LogP contribution in [0.5, 0.6) is 5.75 Å². The normalized spacial score (nSPS) is 21.0. The molecule has 2 aliphatic rings. The van der Waals surface area contributed by atoms with Crippen LogP contribution in [0.15, 0.2) is 48.5 Å². The van der Waals surface area contributed by atoms with Crippen LogP contribution in [0, 0.1) is 0 Å². The molecule has 0 spiro atoms. The fourth-order valence-corrected chi connectivity index (χ4v) is 5.11. The van der Waals surface area contributed by atoms with Crippen LogP contribution in [-0.2, 0) is 11.2 Å². The summed E-state index contributed by atoms with van der Waals surface area (Å²) in [5, 5.41) is 11.9. The van der Waals surface area contributed by atoms with Crippen LogP contribution in [0.25, 0.3) is 10.9 Å². The monoisotopic (exact) mass is 405 g/mol. The standard InChI is InChI=1S/C23H23N3O2S/c1-2-3-11-25-22(28)19-13-17-16-9-4-5-10-18(16)24-20(17)21(26(19)23(25)29)14-7-6-8-15(27)12-14/h4-10,12,19,21,24,27H,2-3,11,13H2,1H3/t19-,21+/m1/s1. The third-order valence-electron chi connectivity index (χ3n) is 6.06. The lowest BCUT2D eigenvalue weighted by Crippen LogP contribution is -2.44. The number of fused-ring (bicyclic) bond motifs is 4. The van der Waals surface area contributed by atoms with E-state index in [9.17, 15) is 9.90 Å². The molecule has 0 unspecified atom stereocenters. The molecular formula is C23H23N3O2S. The van der Waals surface area contributed by atoms with Crippen molar-refractivity contribution in [2.45, 2.75) is 38.3 Å². The van der Waals surface area contributed by atoms with Gasteiger partial charge in [-0.05, 0) is 48.0 Å². The van der Waals surface area contributed by atoms with Gasteiger partial charge in [0.2, 0.25) is 0 Å². The first kappa shape index (κ1) is 18.2. The second-order valence-electron chi connectivity index (χ2n) is 7.81. The minimum Gasteiger partial charge on any atom is -0.508 e. The Morgan fingerprint density at radius 2 is 2.03 bits per heavy atom. The molecule has 1 fully saturated rings. The largest absolute Gasteiger partial charge is 0.508 e. The topological polar surface area (TPSA) is 59.6 Å². The van der Waals surface area contributed by atoms with Crippen molar-refractivity contribution in [1.29, 1.82) is 0 Å². The molecule has 1 saturated heterocycles. The summed E-state index contributed by atoms with van der Waals surface area (Å²) < 4.78 is 0. The zero-order valence-electron chi connectivity index (χ0n) is 16.3. The molecule has 1 amide bonds. The molecular weight excluding hydrogens is 382 g/mol. The molecule has 6 heteroatoms. The van der Waals surface area contributed by atoms with E-state index in [0.717, 1.165) is 35.0 Å². The number of H-pyrrole nitrogens is 1. The van der Waals surface area contributed by atoms with Crippen molar-refractivity contribution in [3.8, 4) is 5.75 Å². The number of hydrogen-bond acceptors (Lipinski definition) is 3. The molecule has 5 rings (SSSR count). The van der Waals surface area contributed by atoms with E-state index in [1.165, 1.54) is 5.56 Å². The number of nitrogens with one attached hydrogen (secondary N) is 1. The van der Waals surface area contributed by atoms with Crippen LogP contribution in [-0.4, -0.2) is 43.5 Å². The average molecular weight is 406 g/mol. The van der Waals surface area contributed by atoms with E-state index in [0.29, 0.717) is 18.1 Å². The highest BCUT2D eigenvalue weighted by Crippen LogP contribution is 2.44. The Kier molecular flexibility index (Phi) is 4.32. The number of rotatable bonds is 4. The Morgan fingerprint density at radius 3 is 2.83 bits per heavy atom. The van der Waals surface area contributed by atoms with Crippen molar-refractivity contribution in [2.75, 3.05) is 6.54 Å². The molecule has 1 aromatic heterocycles. The quantitative estimate of drug-likeness (QED) is 0.641. The minimum atomic E-state index is -0.307. The molecule has 2 aromatic carbocycles. The Morgan fingerprint density at radius 1 is 1.21 bits per heavy atom. The van der Waals surface area contributed by atoms with Crippen LogP contribution in [0.4, 0.5) is 0 Å². The average Bonchev–Trinajstić information content (AvgIpc) is 3.20. The Hall–Kier alpha value is -2.86. The lowest BCUT2D eigenvalue weighted by molar-refractivity contribution is -0.128. The van der Waals surface area contributed by atoms with Crippen LogP contribution >= 0.6 is 12.2 Å². The number of phenolic OH excluding ortho intramolecular Hbond substituents is 1. The van der Waals surface area contributed by atoms with E-state index >= 15 is 0 Å². The van der Waals surface area contributed by atoms with E-state index in [1.807, 2.05) is 24.3 Å². The number of carbonyl (C=O) groups is 1. The van der Waals surface area contributed by atoms with E-state index in [2.05, 4.69) is 28.9 Å². The fourth-order valence-electron chi connectivity index (χ4n) is 4.69. The fraction of sp³-hybridized carbons (Fsp3) is 0.304. The maximum absolute atomic E-state index is 13.3. The summed E-state index contributed by atoms with van der Waals surface area (Å²) in [5.41, 5.74) is 4.21. The van der Waals surface area contributed by atoms with Gasteiger partial charge in [0.05, 0.1) is 6.04 Å². The molecule has 2 N–H and O–H groups in total. The van der Waals surface area contributed by atoms with Crippen LogP contribution < -0.4 is 0 Å². The number of amides is 1. The summed E-state index contributed by atoms with van der Waals surface area (Å²) in [5.74, 6) is 0.297. The zero-order valence-corrected chi connectivity index (χ0v) is 17.1. The summed E-state index contributed by atoms with van der Waals surface area (Å²) in [7, 11) is 0. The number of phenols is 1. The third kappa shape index (κ3) is 2.74. The molecule has 2 atom stereocenters. The molecule has 5 nitrogen and oxygen atoms in total. The number of hydrogen-bond donors (Lipinski definition) is 2. The molecule has 0 bridgehead atoms. The second kappa shape index (κ2) is 6.88. The van der Waals surface area contributed by atoms with E-state index in [4.69, 9.17) is 12.2 Å². The highest BCUT2D eigenvalue weighted by atomic mass is 32.1. The summed E-state index contributed by atoms with van der Waals surface area (Å²) >= 11 is 5.80. The maximum Gasteiger partial charge on any atom is 0.251 e. The summed E-state index contributed by atoms with van der Waals surface area (Å²) in [4.78, 5) is 20.7. The molecule has 29 heavy (non-hydrogen) atoms. The number of para-hydroxylation sites is 1. The molecule has 3 heterocycles. The van der Waals surface area contributed by atoms with Crippen molar-refractivity contribution in [1.82, 2.24) is 14.8 Å². The van der Waals surface area contributed by atoms with Crippen molar-refractivity contribution < 1.29 is 9.90 Å². The van der Waals surface area contributed by atoms with Gasteiger partial charge in [-0.1, -0.05) is 43.7 Å². The van der Waals surface area contributed by atoms with Crippen molar-refractivity contribution in [2.24, 2.45) is 0 Å². The molecule has 148 valence electrons. The molecule has 2 aliphatic heterocycles. The Balaban J connectivity index is 1.69. The summed E-state index contributed by atoms with van der Waals surface area (Å²) in [6, 6.07) is 14.9. The lowest BCUT2D eigenvalue weighted by atomic mass is 9.89. The predicted molar refractivity (Wildman–Crippen MR) is 117 cm³/mol. The minimum absolute atomic E-state index is 0.0875. The molecule has 0 aliphatic carbocycles. The third-order valence-corrected chi connectivity index (χ3v) is 6.49. The molecule has 0 radical (unpaired) electrons. The Labute approximate surface area is 174 Å². The van der Waals surface area contributed by atoms with Crippen LogP contribution in [0.2, 0.25) is 0 Å². The second-order valence-corrected chi connectivity index (χ2v) is 8.18. The Bertz CT molecular complexity index is 1120. The zero-order chi connectivity index (χ0) is 20.1. The number of aromatic amines is 1. The first-order chi connectivity index (χ1) is 14.1. The smallest absolute Gasteiger partial charge is 0.251 e. The first-order valence-corrected chi connectivity index (χ1v) is 10.5.